The van der Waals surface area contributed by atoms with Crippen LogP contribution in [0.5, 0.6) is 0 Å². The summed E-state index contributed by atoms with van der Waals surface area (Å²) in [4.78, 5) is 45.8. The van der Waals surface area contributed by atoms with Gasteiger partial charge in [0.1, 0.15) is 15.4 Å². The number of ketones is 1. The second kappa shape index (κ2) is 9.67. The fourth-order valence-electron chi connectivity index (χ4n) is 4.49. The van der Waals surface area contributed by atoms with Gasteiger partial charge in [0, 0.05) is 31.9 Å². The summed E-state index contributed by atoms with van der Waals surface area (Å²) in [5.74, 6) is -0.846. The highest BCUT2D eigenvalue weighted by Gasteiger charge is 2.28. The van der Waals surface area contributed by atoms with Gasteiger partial charge in [0.2, 0.25) is 0 Å². The molecule has 1 amide bonds. The van der Waals surface area contributed by atoms with E-state index in [-0.39, 0.29) is 11.3 Å². The van der Waals surface area contributed by atoms with E-state index in [0.29, 0.717) is 39.6 Å². The highest BCUT2D eigenvalue weighted by molar-refractivity contribution is 7.20. The molecular weight excluding hydrogens is 498 g/mol. The standard InChI is InChI=1S/C26H24ClN5O3S/c1-15(33)19-21(28)20-22(30-24(19)34)23(25(35)29-18-10-6-5-9-17(18)27)36-26(20)32-13-11-31(12-14-32)16-7-3-2-4-8-16/h2-10H,11-14,28H2,1H3,(H,29,35)(H,30,34). The number of benzene rings is 2. The van der Waals surface area contributed by atoms with E-state index in [4.69, 9.17) is 17.3 Å². The number of nitrogens with zero attached hydrogens (tertiary/aromatic N) is 2. The number of nitrogens with one attached hydrogen (secondary N) is 2. The summed E-state index contributed by atoms with van der Waals surface area (Å²) in [5.41, 5.74) is 7.72. The predicted octanol–water partition coefficient (Wildman–Crippen LogP) is 4.61. The topological polar surface area (TPSA) is 112 Å². The third-order valence-corrected chi connectivity index (χ3v) is 7.84. The monoisotopic (exact) mass is 521 g/mol. The Kier molecular flexibility index (Phi) is 6.42. The molecule has 8 nitrogen and oxygen atoms in total. The molecule has 10 heteroatoms. The summed E-state index contributed by atoms with van der Waals surface area (Å²) in [7, 11) is 0. The number of hydrogen-bond donors (Lipinski definition) is 3. The van der Waals surface area contributed by atoms with Gasteiger partial charge in [-0.2, -0.15) is 0 Å². The lowest BCUT2D eigenvalue weighted by Gasteiger charge is -2.37. The van der Waals surface area contributed by atoms with Gasteiger partial charge in [-0.15, -0.1) is 11.3 Å². The summed E-state index contributed by atoms with van der Waals surface area (Å²) in [6, 6.07) is 17.1. The molecule has 0 saturated carbocycles. The molecule has 4 aromatic rings. The minimum atomic E-state index is -0.613. The Labute approximate surface area is 216 Å². The second-order valence-electron chi connectivity index (χ2n) is 8.53. The van der Waals surface area contributed by atoms with Crippen molar-refractivity contribution in [3.05, 3.63) is 80.4 Å². The van der Waals surface area contributed by atoms with Crippen LogP contribution in [-0.2, 0) is 0 Å². The lowest BCUT2D eigenvalue weighted by molar-refractivity contribution is 0.101. The van der Waals surface area contributed by atoms with Crippen molar-refractivity contribution in [1.82, 2.24) is 4.98 Å². The average Bonchev–Trinajstić information content (AvgIpc) is 3.25. The predicted molar refractivity (Wildman–Crippen MR) is 147 cm³/mol. The number of carbonyl (C=O) groups excluding carboxylic acids is 2. The van der Waals surface area contributed by atoms with Crippen molar-refractivity contribution in [2.75, 3.05) is 47.0 Å². The van der Waals surface area contributed by atoms with Crippen LogP contribution in [0, 0.1) is 0 Å². The number of amides is 1. The minimum Gasteiger partial charge on any atom is -0.397 e. The molecule has 1 aliphatic heterocycles. The van der Waals surface area contributed by atoms with Crippen LogP contribution in [0.1, 0.15) is 27.0 Å². The van der Waals surface area contributed by atoms with Crippen molar-refractivity contribution in [2.24, 2.45) is 0 Å². The molecule has 184 valence electrons. The summed E-state index contributed by atoms with van der Waals surface area (Å²) >= 11 is 7.48. The van der Waals surface area contributed by atoms with Gasteiger partial charge in [0.15, 0.2) is 5.78 Å². The number of piperazine rings is 1. The zero-order valence-electron chi connectivity index (χ0n) is 19.5. The van der Waals surface area contributed by atoms with E-state index < -0.39 is 17.2 Å². The number of aromatic amines is 1. The molecule has 1 fully saturated rings. The van der Waals surface area contributed by atoms with E-state index in [2.05, 4.69) is 32.2 Å². The fraction of sp³-hybridized carbons (Fsp3) is 0.192. The molecule has 1 saturated heterocycles. The van der Waals surface area contributed by atoms with Gasteiger partial charge in [-0.25, -0.2) is 0 Å². The van der Waals surface area contributed by atoms with Gasteiger partial charge in [-0.1, -0.05) is 41.9 Å². The normalized spacial score (nSPS) is 13.7. The molecule has 1 aliphatic rings. The summed E-state index contributed by atoms with van der Waals surface area (Å²) < 4.78 is 0. The maximum Gasteiger partial charge on any atom is 0.268 e. The number of pyridine rings is 1. The minimum absolute atomic E-state index is 0.0924. The quantitative estimate of drug-likeness (QED) is 0.331. The first-order chi connectivity index (χ1) is 17.3. The number of nitrogen functional groups attached to an aromatic ring is 1. The van der Waals surface area contributed by atoms with Crippen molar-refractivity contribution in [1.29, 1.82) is 0 Å². The van der Waals surface area contributed by atoms with Crippen LogP contribution in [0.2, 0.25) is 5.02 Å². The number of para-hydroxylation sites is 2. The third kappa shape index (κ3) is 4.31. The first kappa shape index (κ1) is 23.9. The maximum atomic E-state index is 13.3. The van der Waals surface area contributed by atoms with Crippen LogP contribution < -0.4 is 26.4 Å². The smallest absolute Gasteiger partial charge is 0.268 e. The Balaban J connectivity index is 1.56. The third-order valence-electron chi connectivity index (χ3n) is 6.26. The van der Waals surface area contributed by atoms with Crippen LogP contribution in [0.25, 0.3) is 10.9 Å². The average molecular weight is 522 g/mol. The molecule has 0 spiro atoms. The molecule has 2 aromatic heterocycles. The van der Waals surface area contributed by atoms with E-state index in [9.17, 15) is 14.4 Å². The van der Waals surface area contributed by atoms with Crippen LogP contribution in [0.15, 0.2) is 59.4 Å². The summed E-state index contributed by atoms with van der Waals surface area (Å²) in [6.07, 6.45) is 0. The van der Waals surface area contributed by atoms with Crippen molar-refractivity contribution < 1.29 is 9.59 Å². The number of fused-ring (bicyclic) bond motifs is 1. The SMILES string of the molecule is CC(=O)c1c(N)c2c(N3CCN(c4ccccc4)CC3)sc(C(=O)Nc3ccccc3Cl)c2[nH]c1=O. The van der Waals surface area contributed by atoms with Gasteiger partial charge in [-0.3, -0.25) is 14.4 Å². The van der Waals surface area contributed by atoms with Crippen molar-refractivity contribution >= 4 is 67.6 Å². The van der Waals surface area contributed by atoms with Crippen molar-refractivity contribution in [3.63, 3.8) is 0 Å². The number of halogens is 1. The van der Waals surface area contributed by atoms with Gasteiger partial charge in [0.05, 0.1) is 27.3 Å². The van der Waals surface area contributed by atoms with Crippen molar-refractivity contribution in [3.8, 4) is 0 Å². The highest BCUT2D eigenvalue weighted by atomic mass is 35.5. The van der Waals surface area contributed by atoms with E-state index in [0.717, 1.165) is 23.8 Å². The number of aromatic nitrogens is 1. The largest absolute Gasteiger partial charge is 0.397 e. The Morgan fingerprint density at radius 2 is 1.64 bits per heavy atom. The van der Waals surface area contributed by atoms with Crippen LogP contribution in [0.3, 0.4) is 0 Å². The molecule has 0 radical (unpaired) electrons. The lowest BCUT2D eigenvalue weighted by atomic mass is 10.1. The molecule has 0 unspecified atom stereocenters. The summed E-state index contributed by atoms with van der Waals surface area (Å²) in [5, 5.41) is 4.49. The number of Topliss-reactive ketones (excluding diaryl/α,β-unsaturated/α-hetero) is 1. The Morgan fingerprint density at radius 3 is 2.31 bits per heavy atom. The Hall–Kier alpha value is -3.82. The number of nitrogens with two attached hydrogens (primary N) is 1. The molecule has 5 rings (SSSR count). The van der Waals surface area contributed by atoms with Crippen LogP contribution >= 0.6 is 22.9 Å². The van der Waals surface area contributed by atoms with Gasteiger partial charge in [-0.05, 0) is 31.2 Å². The van der Waals surface area contributed by atoms with Crippen LogP contribution in [0.4, 0.5) is 22.1 Å². The second-order valence-corrected chi connectivity index (χ2v) is 9.94. The first-order valence-electron chi connectivity index (χ1n) is 11.4. The molecule has 36 heavy (non-hydrogen) atoms. The zero-order chi connectivity index (χ0) is 25.4. The van der Waals surface area contributed by atoms with E-state index in [1.807, 2.05) is 18.2 Å². The van der Waals surface area contributed by atoms with Gasteiger partial charge >= 0.3 is 0 Å². The molecule has 2 aromatic carbocycles. The molecule has 0 aliphatic carbocycles. The number of carbonyl (C=O) groups is 2. The van der Waals surface area contributed by atoms with E-state index in [1.165, 1.54) is 18.3 Å². The van der Waals surface area contributed by atoms with Gasteiger partial charge in [0.25, 0.3) is 11.5 Å². The Bertz CT molecular complexity index is 1520. The summed E-state index contributed by atoms with van der Waals surface area (Å²) in [6.45, 7) is 4.22. The number of H-pyrrole nitrogens is 1. The van der Waals surface area contributed by atoms with Crippen LogP contribution in [-0.4, -0.2) is 42.9 Å². The van der Waals surface area contributed by atoms with Crippen molar-refractivity contribution in [2.45, 2.75) is 6.92 Å². The highest BCUT2D eigenvalue weighted by Crippen LogP contribution is 2.42. The maximum absolute atomic E-state index is 13.3. The first-order valence-corrected chi connectivity index (χ1v) is 12.6. The molecule has 4 N–H and O–H groups in total. The zero-order valence-corrected chi connectivity index (χ0v) is 21.1. The van der Waals surface area contributed by atoms with Gasteiger partial charge < -0.3 is 25.8 Å². The Morgan fingerprint density at radius 1 is 1.00 bits per heavy atom. The number of rotatable bonds is 5. The lowest BCUT2D eigenvalue weighted by Crippen LogP contribution is -2.46. The number of thiophene rings is 1. The fourth-order valence-corrected chi connectivity index (χ4v) is 5.89. The number of anilines is 4. The number of hydrogen-bond acceptors (Lipinski definition) is 7. The van der Waals surface area contributed by atoms with E-state index in [1.54, 1.807) is 24.3 Å². The van der Waals surface area contributed by atoms with E-state index >= 15 is 0 Å². The molecule has 0 bridgehead atoms. The molecule has 3 heterocycles. The molecular formula is C26H24ClN5O3S. The molecule has 0 atom stereocenters.